The van der Waals surface area contributed by atoms with E-state index in [9.17, 15) is 19.5 Å². The topological polar surface area (TPSA) is 104 Å². The van der Waals surface area contributed by atoms with Gasteiger partial charge in [0.05, 0.1) is 29.2 Å². The number of amides is 1. The Bertz CT molecular complexity index is 815. The summed E-state index contributed by atoms with van der Waals surface area (Å²) in [6.07, 6.45) is 2.62. The molecule has 0 aliphatic carbocycles. The van der Waals surface area contributed by atoms with Crippen molar-refractivity contribution in [1.82, 2.24) is 14.9 Å². The van der Waals surface area contributed by atoms with E-state index in [1.807, 2.05) is 13.0 Å². The Morgan fingerprint density at radius 1 is 1.32 bits per heavy atom. The Hall–Kier alpha value is -2.70. The summed E-state index contributed by atoms with van der Waals surface area (Å²) in [5, 5.41) is 14.1. The smallest absolute Gasteiger partial charge is 0.261 e. The number of hydrogen-bond donors (Lipinski definition) is 1. The van der Waals surface area contributed by atoms with E-state index in [0.29, 0.717) is 30.3 Å². The van der Waals surface area contributed by atoms with Crippen molar-refractivity contribution in [3.05, 3.63) is 40.9 Å². The van der Waals surface area contributed by atoms with Gasteiger partial charge in [-0.25, -0.2) is 4.98 Å². The number of nitrogens with zero attached hydrogens (tertiary/aromatic N) is 2. The lowest BCUT2D eigenvalue weighted by atomic mass is 9.99. The number of carbonyl (C=O) groups excluding carboxylic acids is 2. The van der Waals surface area contributed by atoms with Crippen molar-refractivity contribution in [1.29, 1.82) is 0 Å². The Kier molecular flexibility index (Phi) is 6.27. The van der Waals surface area contributed by atoms with Gasteiger partial charge in [0, 0.05) is 13.0 Å². The average Bonchev–Trinajstić information content (AvgIpc) is 2.61. The third kappa shape index (κ3) is 4.65. The van der Waals surface area contributed by atoms with Crippen LogP contribution in [0.15, 0.2) is 35.4 Å². The molecule has 2 rings (SSSR count). The fraction of sp³-hybridized carbons (Fsp3) is 0.444. The molecular formula is C18H22N3O4-. The van der Waals surface area contributed by atoms with Gasteiger partial charge in [-0.1, -0.05) is 32.4 Å². The van der Waals surface area contributed by atoms with Gasteiger partial charge >= 0.3 is 0 Å². The van der Waals surface area contributed by atoms with Gasteiger partial charge in [0.15, 0.2) is 0 Å². The molecule has 7 heteroatoms. The number of carboxylic acid groups (broad SMARTS) is 1. The van der Waals surface area contributed by atoms with Gasteiger partial charge < -0.3 is 15.2 Å². The number of carbonyl (C=O) groups is 2. The van der Waals surface area contributed by atoms with Crippen molar-refractivity contribution in [2.45, 2.75) is 45.7 Å². The standard InChI is InChI=1S/C18H23N3O4/c1-3-12(2)16(18(24)25)20-15(22)9-6-10-21-11-19-14-8-5-4-7-13(14)17(21)23/h4-5,7-8,11-12,16H,3,6,9-10H2,1-2H3,(H,20,22)(H,24,25)/p-1/t12-,16+/m1/s1. The van der Waals surface area contributed by atoms with Gasteiger partial charge in [0.25, 0.3) is 5.56 Å². The minimum absolute atomic E-state index is 0.124. The summed E-state index contributed by atoms with van der Waals surface area (Å²) < 4.78 is 1.46. The van der Waals surface area contributed by atoms with Crippen LogP contribution in [0.25, 0.3) is 10.9 Å². The van der Waals surface area contributed by atoms with Gasteiger partial charge in [-0.15, -0.1) is 0 Å². The van der Waals surface area contributed by atoms with Crippen LogP contribution in [-0.2, 0) is 16.1 Å². The van der Waals surface area contributed by atoms with E-state index < -0.39 is 12.0 Å². The maximum atomic E-state index is 12.3. The van der Waals surface area contributed by atoms with Gasteiger partial charge in [-0.05, 0) is 24.5 Å². The number of nitrogens with one attached hydrogen (secondary N) is 1. The summed E-state index contributed by atoms with van der Waals surface area (Å²) in [5.41, 5.74) is 0.477. The molecule has 0 fully saturated rings. The molecule has 134 valence electrons. The minimum Gasteiger partial charge on any atom is -0.548 e. The van der Waals surface area contributed by atoms with Crippen molar-refractivity contribution < 1.29 is 14.7 Å². The first-order valence-electron chi connectivity index (χ1n) is 8.38. The fourth-order valence-corrected chi connectivity index (χ4v) is 2.59. The molecule has 0 aliphatic heterocycles. The SMILES string of the molecule is CC[C@@H](C)[C@H](NC(=O)CCCn1cnc2ccccc2c1=O)C(=O)[O-]. The van der Waals surface area contributed by atoms with Gasteiger partial charge in [0.1, 0.15) is 0 Å². The number of rotatable bonds is 8. The Balaban J connectivity index is 1.94. The quantitative estimate of drug-likeness (QED) is 0.749. The summed E-state index contributed by atoms with van der Waals surface area (Å²) in [5.74, 6) is -1.85. The average molecular weight is 344 g/mol. The first-order valence-corrected chi connectivity index (χ1v) is 8.38. The largest absolute Gasteiger partial charge is 0.548 e. The summed E-state index contributed by atoms with van der Waals surface area (Å²) in [4.78, 5) is 39.6. The molecule has 1 N–H and O–H groups in total. The zero-order valence-electron chi connectivity index (χ0n) is 14.4. The highest BCUT2D eigenvalue weighted by Gasteiger charge is 2.19. The first-order chi connectivity index (χ1) is 11.9. The lowest BCUT2D eigenvalue weighted by Gasteiger charge is -2.25. The number of para-hydroxylation sites is 1. The lowest BCUT2D eigenvalue weighted by Crippen LogP contribution is -2.51. The molecule has 0 unspecified atom stereocenters. The third-order valence-electron chi connectivity index (χ3n) is 4.32. The normalized spacial score (nSPS) is 13.4. The number of aromatic nitrogens is 2. The van der Waals surface area contributed by atoms with Crippen LogP contribution in [0.1, 0.15) is 33.1 Å². The zero-order chi connectivity index (χ0) is 18.4. The molecule has 0 bridgehead atoms. The third-order valence-corrected chi connectivity index (χ3v) is 4.32. The summed E-state index contributed by atoms with van der Waals surface area (Å²) in [6, 6.07) is 6.07. The van der Waals surface area contributed by atoms with Gasteiger partial charge in [-0.2, -0.15) is 0 Å². The number of hydrogen-bond acceptors (Lipinski definition) is 5. The minimum atomic E-state index is -1.28. The zero-order valence-corrected chi connectivity index (χ0v) is 14.4. The molecular weight excluding hydrogens is 322 g/mol. The molecule has 1 aromatic heterocycles. The van der Waals surface area contributed by atoms with Crippen LogP contribution in [0.4, 0.5) is 0 Å². The van der Waals surface area contributed by atoms with Crippen LogP contribution < -0.4 is 16.0 Å². The van der Waals surface area contributed by atoms with Gasteiger partial charge in [-0.3, -0.25) is 14.2 Å². The molecule has 7 nitrogen and oxygen atoms in total. The van der Waals surface area contributed by atoms with E-state index in [4.69, 9.17) is 0 Å². The van der Waals surface area contributed by atoms with Crippen LogP contribution >= 0.6 is 0 Å². The number of aryl methyl sites for hydroxylation is 1. The van der Waals surface area contributed by atoms with Crippen LogP contribution in [0.2, 0.25) is 0 Å². The number of benzene rings is 1. The molecule has 0 aliphatic rings. The second-order valence-electron chi connectivity index (χ2n) is 6.11. The van der Waals surface area contributed by atoms with Crippen molar-refractivity contribution >= 4 is 22.8 Å². The Labute approximate surface area is 145 Å². The number of aliphatic carboxylic acids is 1. The highest BCUT2D eigenvalue weighted by molar-refractivity contribution is 5.82. The maximum absolute atomic E-state index is 12.3. The van der Waals surface area contributed by atoms with Crippen molar-refractivity contribution in [3.63, 3.8) is 0 Å². The van der Waals surface area contributed by atoms with Crippen LogP contribution in [0, 0.1) is 5.92 Å². The van der Waals surface area contributed by atoms with Crippen molar-refractivity contribution in [2.24, 2.45) is 5.92 Å². The second-order valence-corrected chi connectivity index (χ2v) is 6.11. The lowest BCUT2D eigenvalue weighted by molar-refractivity contribution is -0.309. The second kappa shape index (κ2) is 8.41. The molecule has 2 aromatic rings. The van der Waals surface area contributed by atoms with Crippen LogP contribution in [0.5, 0.6) is 0 Å². The molecule has 25 heavy (non-hydrogen) atoms. The Morgan fingerprint density at radius 2 is 2.04 bits per heavy atom. The van der Waals surface area contributed by atoms with E-state index in [1.54, 1.807) is 25.1 Å². The fourth-order valence-electron chi connectivity index (χ4n) is 2.59. The Morgan fingerprint density at radius 3 is 2.72 bits per heavy atom. The van der Waals surface area contributed by atoms with Crippen molar-refractivity contribution in [2.75, 3.05) is 0 Å². The van der Waals surface area contributed by atoms with E-state index in [1.165, 1.54) is 10.9 Å². The molecule has 0 saturated carbocycles. The predicted octanol–water partition coefficient (Wildman–Crippen LogP) is 0.458. The highest BCUT2D eigenvalue weighted by Crippen LogP contribution is 2.08. The molecule has 0 radical (unpaired) electrons. The number of fused-ring (bicyclic) bond motifs is 1. The van der Waals surface area contributed by atoms with Crippen LogP contribution in [-0.4, -0.2) is 27.5 Å². The number of carboxylic acids is 1. The molecule has 0 spiro atoms. The first kappa shape index (κ1) is 18.6. The van der Waals surface area contributed by atoms with Gasteiger partial charge in [0.2, 0.25) is 5.91 Å². The van der Waals surface area contributed by atoms with Crippen molar-refractivity contribution in [3.8, 4) is 0 Å². The predicted molar refractivity (Wildman–Crippen MR) is 91.6 cm³/mol. The van der Waals surface area contributed by atoms with E-state index >= 15 is 0 Å². The summed E-state index contributed by atoms with van der Waals surface area (Å²) in [7, 11) is 0. The summed E-state index contributed by atoms with van der Waals surface area (Å²) in [6.45, 7) is 3.94. The monoisotopic (exact) mass is 344 g/mol. The highest BCUT2D eigenvalue weighted by atomic mass is 16.4. The molecule has 1 amide bonds. The molecule has 2 atom stereocenters. The molecule has 0 saturated heterocycles. The maximum Gasteiger partial charge on any atom is 0.261 e. The molecule has 1 heterocycles. The van der Waals surface area contributed by atoms with E-state index in [0.717, 1.165) is 0 Å². The molecule has 1 aromatic carbocycles. The van der Waals surface area contributed by atoms with E-state index in [-0.39, 0.29) is 23.8 Å². The summed E-state index contributed by atoms with van der Waals surface area (Å²) >= 11 is 0. The van der Waals surface area contributed by atoms with Crippen LogP contribution in [0.3, 0.4) is 0 Å². The van der Waals surface area contributed by atoms with E-state index in [2.05, 4.69) is 10.3 Å².